The SMILES string of the molecule is Cc1ccccc1-c1ccccc1N1c2ccc(C(C)(C)C)cc2B2C3=CC(C(C)(C)C)C(C)C=C3N(c3ccccc3C3C=CC=CC3(C)C)c3c(C(C)(C)C)ccc1c32. The van der Waals surface area contributed by atoms with Gasteiger partial charge in [-0.25, -0.2) is 0 Å². The summed E-state index contributed by atoms with van der Waals surface area (Å²) in [6.45, 7) is 31.1. The molecule has 0 fully saturated rings. The summed E-state index contributed by atoms with van der Waals surface area (Å²) in [5.74, 6) is 0.943. The molecular formula is C58H65BN2. The third-order valence-corrected chi connectivity index (χ3v) is 14.2. The molecule has 310 valence electrons. The maximum atomic E-state index is 2.73. The van der Waals surface area contributed by atoms with Crippen LogP contribution in [0.3, 0.4) is 0 Å². The summed E-state index contributed by atoms with van der Waals surface area (Å²) >= 11 is 0. The molecule has 9 rings (SSSR count). The van der Waals surface area contributed by atoms with E-state index in [0.29, 0.717) is 11.8 Å². The Balaban J connectivity index is 1.45. The Morgan fingerprint density at radius 1 is 0.623 bits per heavy atom. The lowest BCUT2D eigenvalue weighted by Gasteiger charge is -2.50. The van der Waals surface area contributed by atoms with Crippen molar-refractivity contribution in [2.45, 2.75) is 107 Å². The highest BCUT2D eigenvalue weighted by atomic mass is 15.2. The molecule has 2 heterocycles. The number of rotatable bonds is 4. The van der Waals surface area contributed by atoms with Crippen LogP contribution in [-0.2, 0) is 10.8 Å². The quantitative estimate of drug-likeness (QED) is 0.167. The molecule has 5 aromatic rings. The molecule has 61 heavy (non-hydrogen) atoms. The molecule has 0 bridgehead atoms. The summed E-state index contributed by atoms with van der Waals surface area (Å²) in [6.07, 6.45) is 14.7. The van der Waals surface area contributed by atoms with Gasteiger partial charge in [0.15, 0.2) is 0 Å². The van der Waals surface area contributed by atoms with Gasteiger partial charge in [0.1, 0.15) is 0 Å². The third-order valence-electron chi connectivity index (χ3n) is 14.2. The van der Waals surface area contributed by atoms with Gasteiger partial charge < -0.3 is 9.80 Å². The zero-order valence-electron chi connectivity index (χ0n) is 39.0. The van der Waals surface area contributed by atoms with Crippen LogP contribution in [0, 0.1) is 29.6 Å². The van der Waals surface area contributed by atoms with Gasteiger partial charge >= 0.3 is 0 Å². The normalized spacial score (nSPS) is 20.5. The summed E-state index contributed by atoms with van der Waals surface area (Å²) in [5.41, 5.74) is 19.7. The lowest BCUT2D eigenvalue weighted by molar-refractivity contribution is 0.243. The summed E-state index contributed by atoms with van der Waals surface area (Å²) in [7, 11) is 0. The van der Waals surface area contributed by atoms with Crippen LogP contribution >= 0.6 is 0 Å². The van der Waals surface area contributed by atoms with Crippen molar-refractivity contribution in [3.8, 4) is 11.1 Å². The topological polar surface area (TPSA) is 6.48 Å². The number of hydrogen-bond donors (Lipinski definition) is 0. The Kier molecular flexibility index (Phi) is 9.70. The van der Waals surface area contributed by atoms with Gasteiger partial charge in [0.05, 0.1) is 5.69 Å². The molecule has 0 saturated carbocycles. The van der Waals surface area contributed by atoms with Gasteiger partial charge in [0, 0.05) is 39.9 Å². The smallest absolute Gasteiger partial charge is 0.251 e. The van der Waals surface area contributed by atoms with Gasteiger partial charge in [-0.3, -0.25) is 0 Å². The van der Waals surface area contributed by atoms with Crippen LogP contribution < -0.4 is 20.7 Å². The number of para-hydroxylation sites is 2. The van der Waals surface area contributed by atoms with Gasteiger partial charge in [-0.15, -0.1) is 0 Å². The van der Waals surface area contributed by atoms with Crippen LogP contribution in [0.15, 0.2) is 151 Å². The maximum absolute atomic E-state index is 2.73. The molecule has 0 aromatic heterocycles. The number of hydrogen-bond acceptors (Lipinski definition) is 2. The fraction of sp³-hybridized carbons (Fsp3) is 0.345. The van der Waals surface area contributed by atoms with Crippen molar-refractivity contribution in [2.24, 2.45) is 22.7 Å². The van der Waals surface area contributed by atoms with Crippen molar-refractivity contribution in [3.05, 3.63) is 173 Å². The molecule has 3 heteroatoms. The lowest BCUT2D eigenvalue weighted by atomic mass is 9.31. The van der Waals surface area contributed by atoms with Crippen LogP contribution in [0.4, 0.5) is 28.4 Å². The standard InChI is InChI=1S/C58H65BN2/c1-37-22-14-15-23-40(37)41-24-16-18-27-48(41)60-50-31-29-39(55(3,4)5)35-46(50)59-47-36-45(57(9,10)11)38(2)34-52(47)61(54-44(56(6,7)8)30-32-51(60)53(54)59)49-28-19-17-25-42(49)43-26-20-21-33-58(43,12)13/h14-36,38,43,45H,1-13H3. The van der Waals surface area contributed by atoms with Gasteiger partial charge in [-0.1, -0.05) is 198 Å². The van der Waals surface area contributed by atoms with Crippen LogP contribution in [0.25, 0.3) is 11.1 Å². The molecule has 2 nitrogen and oxygen atoms in total. The van der Waals surface area contributed by atoms with E-state index in [2.05, 4.69) is 239 Å². The molecule has 0 N–H and O–H groups in total. The lowest BCUT2D eigenvalue weighted by Crippen LogP contribution is -2.58. The Morgan fingerprint density at radius 3 is 1.95 bits per heavy atom. The Labute approximate surface area is 367 Å². The number of anilines is 5. The van der Waals surface area contributed by atoms with E-state index in [-0.39, 0.29) is 34.3 Å². The van der Waals surface area contributed by atoms with Crippen molar-refractivity contribution in [1.29, 1.82) is 0 Å². The maximum Gasteiger partial charge on any atom is 0.251 e. The second-order valence-electron chi connectivity index (χ2n) is 22.1. The van der Waals surface area contributed by atoms with Crippen molar-refractivity contribution in [1.82, 2.24) is 0 Å². The predicted molar refractivity (Wildman–Crippen MR) is 265 cm³/mol. The second-order valence-corrected chi connectivity index (χ2v) is 22.1. The number of fused-ring (bicyclic) bond motifs is 4. The van der Waals surface area contributed by atoms with Crippen LogP contribution in [0.1, 0.15) is 111 Å². The summed E-state index contributed by atoms with van der Waals surface area (Å²) in [4.78, 5) is 5.36. The molecule has 0 radical (unpaired) electrons. The summed E-state index contributed by atoms with van der Waals surface area (Å²) in [5, 5.41) is 0. The van der Waals surface area contributed by atoms with E-state index in [4.69, 9.17) is 0 Å². The highest BCUT2D eigenvalue weighted by Crippen LogP contribution is 2.55. The molecule has 0 amide bonds. The van der Waals surface area contributed by atoms with Crippen molar-refractivity contribution >= 4 is 46.1 Å². The van der Waals surface area contributed by atoms with Gasteiger partial charge in [-0.05, 0) is 109 Å². The Bertz CT molecular complexity index is 2680. The molecule has 4 aliphatic rings. The Hall–Kier alpha value is -5.28. The fourth-order valence-electron chi connectivity index (χ4n) is 11.0. The van der Waals surface area contributed by atoms with E-state index in [1.54, 1.807) is 0 Å². The first kappa shape index (κ1) is 41.1. The largest absolute Gasteiger partial charge is 0.311 e. The van der Waals surface area contributed by atoms with Gasteiger partial charge in [0.25, 0.3) is 6.71 Å². The average molecular weight is 801 g/mol. The van der Waals surface area contributed by atoms with Crippen LogP contribution in [0.2, 0.25) is 0 Å². The van der Waals surface area contributed by atoms with Crippen molar-refractivity contribution in [3.63, 3.8) is 0 Å². The number of aryl methyl sites for hydroxylation is 1. The summed E-state index contributed by atoms with van der Waals surface area (Å²) < 4.78 is 0. The van der Waals surface area contributed by atoms with E-state index < -0.39 is 0 Å². The molecule has 3 unspecified atom stereocenters. The molecule has 3 atom stereocenters. The Morgan fingerprint density at radius 2 is 1.28 bits per heavy atom. The van der Waals surface area contributed by atoms with Gasteiger partial charge in [0.2, 0.25) is 0 Å². The van der Waals surface area contributed by atoms with Gasteiger partial charge in [-0.2, -0.15) is 0 Å². The zero-order valence-corrected chi connectivity index (χ0v) is 39.0. The van der Waals surface area contributed by atoms with Crippen molar-refractivity contribution in [2.75, 3.05) is 9.80 Å². The number of nitrogens with zero attached hydrogens (tertiary/aromatic N) is 2. The minimum Gasteiger partial charge on any atom is -0.311 e. The third kappa shape index (κ3) is 6.79. The van der Waals surface area contributed by atoms with E-state index in [1.165, 1.54) is 83.9 Å². The highest BCUT2D eigenvalue weighted by Gasteiger charge is 2.50. The first-order chi connectivity index (χ1) is 28.8. The molecule has 0 saturated heterocycles. The molecule has 2 aliphatic carbocycles. The summed E-state index contributed by atoms with van der Waals surface area (Å²) in [6, 6.07) is 39.6. The average Bonchev–Trinajstić information content (AvgIpc) is 3.19. The number of benzene rings is 5. The molecule has 5 aromatic carbocycles. The molecule has 0 spiro atoms. The molecule has 2 aliphatic heterocycles. The van der Waals surface area contributed by atoms with E-state index >= 15 is 0 Å². The minimum atomic E-state index is -0.137. The highest BCUT2D eigenvalue weighted by molar-refractivity contribution is 6.96. The number of allylic oxidation sites excluding steroid dienone is 7. The van der Waals surface area contributed by atoms with E-state index in [0.717, 1.165) is 0 Å². The van der Waals surface area contributed by atoms with Crippen LogP contribution in [0.5, 0.6) is 0 Å². The second kappa shape index (κ2) is 14.4. The molecular weight excluding hydrogens is 735 g/mol. The van der Waals surface area contributed by atoms with Crippen LogP contribution in [-0.4, -0.2) is 6.71 Å². The van der Waals surface area contributed by atoms with E-state index in [9.17, 15) is 0 Å². The zero-order chi connectivity index (χ0) is 43.4. The van der Waals surface area contributed by atoms with E-state index in [1.807, 2.05) is 0 Å². The first-order valence-electron chi connectivity index (χ1n) is 22.7. The minimum absolute atomic E-state index is 0.0221. The predicted octanol–water partition coefficient (Wildman–Crippen LogP) is 14.7. The van der Waals surface area contributed by atoms with Crippen molar-refractivity contribution < 1.29 is 0 Å². The first-order valence-corrected chi connectivity index (χ1v) is 22.7. The fourth-order valence-corrected chi connectivity index (χ4v) is 11.0. The monoisotopic (exact) mass is 801 g/mol.